The maximum Gasteiger partial charge on any atom is 0.338 e. The molecular formula is C12H16O3. The van der Waals surface area contributed by atoms with Crippen LogP contribution >= 0.6 is 0 Å². The third-order valence-electron chi connectivity index (χ3n) is 1.72. The van der Waals surface area contributed by atoms with Crippen molar-refractivity contribution in [2.45, 2.75) is 20.8 Å². The van der Waals surface area contributed by atoms with Crippen LogP contribution in [0.1, 0.15) is 31.1 Å². The van der Waals surface area contributed by atoms with Gasteiger partial charge in [-0.25, -0.2) is 4.79 Å². The Labute approximate surface area is 89.7 Å². The fraction of sp³-hybridized carbons (Fsp3) is 0.417. The number of phenols is 1. The molecule has 0 saturated carbocycles. The van der Waals surface area contributed by atoms with Crippen LogP contribution in [0.25, 0.3) is 0 Å². The lowest BCUT2D eigenvalue weighted by Gasteiger charge is -2.17. The van der Waals surface area contributed by atoms with Crippen molar-refractivity contribution in [3.05, 3.63) is 29.8 Å². The van der Waals surface area contributed by atoms with E-state index in [2.05, 4.69) is 0 Å². The van der Waals surface area contributed by atoms with Gasteiger partial charge in [-0.05, 0) is 23.6 Å². The number of hydrogen-bond donors (Lipinski definition) is 1. The minimum Gasteiger partial charge on any atom is -0.508 e. The molecule has 0 spiro atoms. The number of benzene rings is 1. The van der Waals surface area contributed by atoms with Crippen molar-refractivity contribution in [1.82, 2.24) is 0 Å². The van der Waals surface area contributed by atoms with E-state index >= 15 is 0 Å². The van der Waals surface area contributed by atoms with Crippen LogP contribution in [0.3, 0.4) is 0 Å². The highest BCUT2D eigenvalue weighted by Gasteiger charge is 2.14. The standard InChI is InChI=1S/C12H16O3/c1-12(2,3)8-15-11(14)9-5-4-6-10(13)7-9/h4-7,13H,8H2,1-3H3. The first-order valence-electron chi connectivity index (χ1n) is 4.85. The third kappa shape index (κ3) is 4.02. The molecule has 0 aromatic heterocycles. The van der Waals surface area contributed by atoms with Crippen LogP contribution in [0.5, 0.6) is 5.75 Å². The van der Waals surface area contributed by atoms with E-state index in [1.807, 2.05) is 20.8 Å². The molecule has 0 radical (unpaired) electrons. The Kier molecular flexibility index (Phi) is 3.35. The van der Waals surface area contributed by atoms with Gasteiger partial charge in [0.05, 0.1) is 12.2 Å². The smallest absolute Gasteiger partial charge is 0.338 e. The Morgan fingerprint density at radius 3 is 2.60 bits per heavy atom. The molecule has 3 nitrogen and oxygen atoms in total. The summed E-state index contributed by atoms with van der Waals surface area (Å²) in [7, 11) is 0. The van der Waals surface area contributed by atoms with Crippen LogP contribution in [0.2, 0.25) is 0 Å². The average Bonchev–Trinajstić information content (AvgIpc) is 2.13. The molecule has 0 unspecified atom stereocenters. The van der Waals surface area contributed by atoms with E-state index in [-0.39, 0.29) is 11.2 Å². The number of hydrogen-bond acceptors (Lipinski definition) is 3. The molecule has 1 N–H and O–H groups in total. The van der Waals surface area contributed by atoms with Crippen molar-refractivity contribution in [3.63, 3.8) is 0 Å². The molecule has 0 fully saturated rings. The van der Waals surface area contributed by atoms with Crippen molar-refractivity contribution >= 4 is 5.97 Å². The van der Waals surface area contributed by atoms with Gasteiger partial charge in [-0.15, -0.1) is 0 Å². The van der Waals surface area contributed by atoms with E-state index in [1.54, 1.807) is 12.1 Å². The van der Waals surface area contributed by atoms with Crippen molar-refractivity contribution in [2.24, 2.45) is 5.41 Å². The first kappa shape index (κ1) is 11.6. The third-order valence-corrected chi connectivity index (χ3v) is 1.72. The molecule has 0 aliphatic carbocycles. The summed E-state index contributed by atoms with van der Waals surface area (Å²) in [6, 6.07) is 6.14. The van der Waals surface area contributed by atoms with Gasteiger partial charge in [0.25, 0.3) is 0 Å². The maximum atomic E-state index is 11.5. The summed E-state index contributed by atoms with van der Waals surface area (Å²) in [6.07, 6.45) is 0. The van der Waals surface area contributed by atoms with Gasteiger partial charge in [0.15, 0.2) is 0 Å². The molecule has 0 aliphatic rings. The number of carbonyl (C=O) groups is 1. The van der Waals surface area contributed by atoms with Crippen LogP contribution in [-0.4, -0.2) is 17.7 Å². The molecular weight excluding hydrogens is 192 g/mol. The fourth-order valence-electron chi connectivity index (χ4n) is 0.998. The Balaban J connectivity index is 2.62. The average molecular weight is 208 g/mol. The summed E-state index contributed by atoms with van der Waals surface area (Å²) >= 11 is 0. The van der Waals surface area contributed by atoms with Gasteiger partial charge in [-0.1, -0.05) is 26.8 Å². The van der Waals surface area contributed by atoms with E-state index < -0.39 is 5.97 Å². The molecule has 0 saturated heterocycles. The van der Waals surface area contributed by atoms with Crippen LogP contribution in [0.4, 0.5) is 0 Å². The van der Waals surface area contributed by atoms with Crippen LogP contribution in [0.15, 0.2) is 24.3 Å². The van der Waals surface area contributed by atoms with E-state index in [4.69, 9.17) is 4.74 Å². The highest BCUT2D eigenvalue weighted by Crippen LogP contribution is 2.16. The van der Waals surface area contributed by atoms with Crippen LogP contribution in [-0.2, 0) is 4.74 Å². The van der Waals surface area contributed by atoms with Crippen molar-refractivity contribution in [2.75, 3.05) is 6.61 Å². The summed E-state index contributed by atoms with van der Waals surface area (Å²) in [5, 5.41) is 9.18. The van der Waals surface area contributed by atoms with Gasteiger partial charge >= 0.3 is 5.97 Å². The summed E-state index contributed by atoms with van der Waals surface area (Å²) in [6.45, 7) is 6.33. The van der Waals surface area contributed by atoms with E-state index in [0.29, 0.717) is 12.2 Å². The number of phenolic OH excluding ortho intramolecular Hbond substituents is 1. The Morgan fingerprint density at radius 2 is 2.07 bits per heavy atom. The molecule has 82 valence electrons. The number of rotatable bonds is 2. The molecule has 0 amide bonds. The Bertz CT molecular complexity index is 350. The van der Waals surface area contributed by atoms with Gasteiger partial charge in [0.2, 0.25) is 0 Å². The van der Waals surface area contributed by atoms with Crippen molar-refractivity contribution < 1.29 is 14.6 Å². The van der Waals surface area contributed by atoms with Gasteiger partial charge in [0.1, 0.15) is 5.75 Å². The molecule has 0 bridgehead atoms. The lowest BCUT2D eigenvalue weighted by Crippen LogP contribution is -2.18. The van der Waals surface area contributed by atoms with Gasteiger partial charge in [-0.3, -0.25) is 0 Å². The molecule has 0 aliphatic heterocycles. The SMILES string of the molecule is CC(C)(C)COC(=O)c1cccc(O)c1. The second-order valence-corrected chi connectivity index (χ2v) is 4.69. The fourth-order valence-corrected chi connectivity index (χ4v) is 0.998. The zero-order valence-electron chi connectivity index (χ0n) is 9.28. The first-order valence-corrected chi connectivity index (χ1v) is 4.85. The number of esters is 1. The van der Waals surface area contributed by atoms with Gasteiger partial charge in [0, 0.05) is 0 Å². The summed E-state index contributed by atoms with van der Waals surface area (Å²) in [4.78, 5) is 11.5. The maximum absolute atomic E-state index is 11.5. The quantitative estimate of drug-likeness (QED) is 0.760. The Morgan fingerprint density at radius 1 is 1.40 bits per heavy atom. The second kappa shape index (κ2) is 4.34. The molecule has 0 heterocycles. The summed E-state index contributed by atoms with van der Waals surface area (Å²) in [5.41, 5.74) is 0.325. The number of aromatic hydroxyl groups is 1. The van der Waals surface area contributed by atoms with Crippen molar-refractivity contribution in [1.29, 1.82) is 0 Å². The van der Waals surface area contributed by atoms with Crippen LogP contribution < -0.4 is 0 Å². The second-order valence-electron chi connectivity index (χ2n) is 4.69. The molecule has 3 heteroatoms. The number of ether oxygens (including phenoxy) is 1. The minimum absolute atomic E-state index is 0.0491. The highest BCUT2D eigenvalue weighted by molar-refractivity contribution is 5.89. The topological polar surface area (TPSA) is 46.5 Å². The van der Waals surface area contributed by atoms with Crippen LogP contribution in [0, 0.1) is 5.41 Å². The molecule has 1 aromatic rings. The summed E-state index contributed by atoms with van der Waals surface area (Å²) < 4.78 is 5.10. The zero-order valence-corrected chi connectivity index (χ0v) is 9.28. The number of carbonyl (C=O) groups excluding carboxylic acids is 1. The van der Waals surface area contributed by atoms with Gasteiger partial charge in [-0.2, -0.15) is 0 Å². The molecule has 0 atom stereocenters. The highest BCUT2D eigenvalue weighted by atomic mass is 16.5. The van der Waals surface area contributed by atoms with Crippen molar-refractivity contribution in [3.8, 4) is 5.75 Å². The van der Waals surface area contributed by atoms with E-state index in [1.165, 1.54) is 12.1 Å². The minimum atomic E-state index is -0.402. The van der Waals surface area contributed by atoms with Gasteiger partial charge < -0.3 is 9.84 Å². The monoisotopic (exact) mass is 208 g/mol. The summed E-state index contributed by atoms with van der Waals surface area (Å²) in [5.74, 6) is -0.332. The molecule has 15 heavy (non-hydrogen) atoms. The normalized spacial score (nSPS) is 11.1. The lowest BCUT2D eigenvalue weighted by atomic mass is 9.99. The van der Waals surface area contributed by atoms with E-state index in [9.17, 15) is 9.90 Å². The van der Waals surface area contributed by atoms with E-state index in [0.717, 1.165) is 0 Å². The predicted molar refractivity (Wildman–Crippen MR) is 57.8 cm³/mol. The predicted octanol–water partition coefficient (Wildman–Crippen LogP) is 2.60. The largest absolute Gasteiger partial charge is 0.508 e. The Hall–Kier alpha value is -1.51. The molecule has 1 rings (SSSR count). The lowest BCUT2D eigenvalue weighted by molar-refractivity contribution is 0.0366. The molecule has 1 aromatic carbocycles. The zero-order chi connectivity index (χ0) is 11.5. The first-order chi connectivity index (χ1) is 6.88.